The number of carboxylic acids is 1. The summed E-state index contributed by atoms with van der Waals surface area (Å²) in [6.45, 7) is 0. The number of hydrogen-bond acceptors (Lipinski definition) is 2. The second-order valence-electron chi connectivity index (χ2n) is 4.39. The Morgan fingerprint density at radius 2 is 1.62 bits per heavy atom. The molecule has 3 heteroatoms. The van der Waals surface area contributed by atoms with Gasteiger partial charge in [-0.25, -0.2) is 0 Å². The maximum Gasteiger partial charge on any atom is 0.307 e. The lowest BCUT2D eigenvalue weighted by Crippen LogP contribution is -2.28. The molecular weight excluding hydrogens is 204 g/mol. The fourth-order valence-electron chi connectivity index (χ4n) is 2.51. The molecule has 16 heavy (non-hydrogen) atoms. The molecule has 1 fully saturated rings. The Morgan fingerprint density at radius 1 is 1.06 bits per heavy atom. The Hall–Kier alpha value is -1.51. The highest BCUT2D eigenvalue weighted by Crippen LogP contribution is 2.36. The van der Waals surface area contributed by atoms with Crippen molar-refractivity contribution < 1.29 is 15.0 Å². The SMILES string of the molecule is O=C(O)[C@@H]1CCCC[C@@H]1C(O)=C1C=CC=C1. The van der Waals surface area contributed by atoms with Gasteiger partial charge in [0.2, 0.25) is 0 Å². The molecule has 2 aliphatic carbocycles. The Morgan fingerprint density at radius 3 is 2.19 bits per heavy atom. The standard InChI is InChI=1S/C13H16O3/c14-12(9-5-1-2-6-9)10-7-3-4-8-11(10)13(15)16/h1-2,5-6,10-11,14H,3-4,7-8H2,(H,15,16)/t10-,11+/m0/s1. The summed E-state index contributed by atoms with van der Waals surface area (Å²) in [4.78, 5) is 11.1. The topological polar surface area (TPSA) is 57.5 Å². The molecule has 0 amide bonds. The summed E-state index contributed by atoms with van der Waals surface area (Å²) in [6.07, 6.45) is 10.7. The van der Waals surface area contributed by atoms with Crippen LogP contribution in [-0.4, -0.2) is 16.2 Å². The molecule has 0 aromatic rings. The Kier molecular flexibility index (Phi) is 3.13. The minimum Gasteiger partial charge on any atom is -0.511 e. The molecule has 1 saturated carbocycles. The van der Waals surface area contributed by atoms with Gasteiger partial charge in [0.15, 0.2) is 0 Å². The number of aliphatic hydroxyl groups excluding tert-OH is 1. The van der Waals surface area contributed by atoms with Gasteiger partial charge in [0.05, 0.1) is 5.92 Å². The fourth-order valence-corrected chi connectivity index (χ4v) is 2.51. The normalized spacial score (nSPS) is 28.4. The van der Waals surface area contributed by atoms with Gasteiger partial charge in [0.1, 0.15) is 5.76 Å². The minimum absolute atomic E-state index is 0.214. The summed E-state index contributed by atoms with van der Waals surface area (Å²) in [5.41, 5.74) is 0.762. The molecule has 2 aliphatic rings. The largest absolute Gasteiger partial charge is 0.511 e. The summed E-state index contributed by atoms with van der Waals surface area (Å²) >= 11 is 0. The predicted octanol–water partition coefficient (Wildman–Crippen LogP) is 2.82. The lowest BCUT2D eigenvalue weighted by molar-refractivity contribution is -0.144. The quantitative estimate of drug-likeness (QED) is 0.703. The number of aliphatic carboxylic acids is 1. The second kappa shape index (κ2) is 4.56. The van der Waals surface area contributed by atoms with E-state index in [0.717, 1.165) is 24.8 Å². The lowest BCUT2D eigenvalue weighted by Gasteiger charge is -2.28. The van der Waals surface area contributed by atoms with Gasteiger partial charge >= 0.3 is 5.97 Å². The van der Waals surface area contributed by atoms with Gasteiger partial charge in [0, 0.05) is 11.5 Å². The monoisotopic (exact) mass is 220 g/mol. The van der Waals surface area contributed by atoms with Gasteiger partial charge in [-0.2, -0.15) is 0 Å². The van der Waals surface area contributed by atoms with E-state index in [1.807, 2.05) is 24.3 Å². The van der Waals surface area contributed by atoms with E-state index < -0.39 is 11.9 Å². The van der Waals surface area contributed by atoms with Crippen LogP contribution in [0.2, 0.25) is 0 Å². The van der Waals surface area contributed by atoms with Crippen LogP contribution >= 0.6 is 0 Å². The first-order valence-corrected chi connectivity index (χ1v) is 5.71. The molecular formula is C13H16O3. The molecule has 0 radical (unpaired) electrons. The van der Waals surface area contributed by atoms with E-state index in [0.29, 0.717) is 6.42 Å². The number of carboxylic acid groups (broad SMARTS) is 1. The van der Waals surface area contributed by atoms with Crippen LogP contribution in [0.1, 0.15) is 25.7 Å². The van der Waals surface area contributed by atoms with E-state index in [4.69, 9.17) is 5.11 Å². The van der Waals surface area contributed by atoms with Crippen LogP contribution in [0.4, 0.5) is 0 Å². The van der Waals surface area contributed by atoms with Crippen LogP contribution in [0.3, 0.4) is 0 Å². The molecule has 0 unspecified atom stereocenters. The number of carbonyl (C=O) groups is 1. The van der Waals surface area contributed by atoms with Crippen LogP contribution in [0.5, 0.6) is 0 Å². The highest BCUT2D eigenvalue weighted by atomic mass is 16.4. The molecule has 0 spiro atoms. The molecule has 0 aliphatic heterocycles. The van der Waals surface area contributed by atoms with E-state index in [2.05, 4.69) is 0 Å². The zero-order chi connectivity index (χ0) is 11.5. The van der Waals surface area contributed by atoms with Crippen molar-refractivity contribution in [3.63, 3.8) is 0 Å². The highest BCUT2D eigenvalue weighted by Gasteiger charge is 2.34. The summed E-state index contributed by atoms with van der Waals surface area (Å²) in [6, 6.07) is 0. The highest BCUT2D eigenvalue weighted by molar-refractivity contribution is 5.71. The molecule has 2 rings (SSSR count). The molecule has 0 bridgehead atoms. The van der Waals surface area contributed by atoms with Crippen molar-refractivity contribution >= 4 is 5.97 Å². The zero-order valence-electron chi connectivity index (χ0n) is 9.10. The number of rotatable bonds is 2. The maximum atomic E-state index is 11.1. The molecule has 2 atom stereocenters. The summed E-state index contributed by atoms with van der Waals surface area (Å²) in [5.74, 6) is -1.18. The van der Waals surface area contributed by atoms with Crippen molar-refractivity contribution in [1.82, 2.24) is 0 Å². The van der Waals surface area contributed by atoms with E-state index in [-0.39, 0.29) is 11.7 Å². The Balaban J connectivity index is 2.23. The first-order chi connectivity index (χ1) is 7.70. The van der Waals surface area contributed by atoms with E-state index in [9.17, 15) is 9.90 Å². The summed E-state index contributed by atoms with van der Waals surface area (Å²) in [5, 5.41) is 19.2. The Bertz CT molecular complexity index is 363. The second-order valence-corrected chi connectivity index (χ2v) is 4.39. The summed E-state index contributed by atoms with van der Waals surface area (Å²) < 4.78 is 0. The van der Waals surface area contributed by atoms with Crippen LogP contribution < -0.4 is 0 Å². The molecule has 0 saturated heterocycles. The van der Waals surface area contributed by atoms with E-state index in [1.165, 1.54) is 0 Å². The number of allylic oxidation sites excluding steroid dienone is 6. The first kappa shape index (κ1) is 11.0. The van der Waals surface area contributed by atoms with E-state index >= 15 is 0 Å². The van der Waals surface area contributed by atoms with E-state index in [1.54, 1.807) is 0 Å². The first-order valence-electron chi connectivity index (χ1n) is 5.71. The maximum absolute atomic E-state index is 11.1. The van der Waals surface area contributed by atoms with Crippen molar-refractivity contribution in [2.75, 3.05) is 0 Å². The van der Waals surface area contributed by atoms with Gasteiger partial charge in [-0.1, -0.05) is 37.1 Å². The number of aliphatic hydroxyl groups is 1. The van der Waals surface area contributed by atoms with Crippen molar-refractivity contribution in [3.05, 3.63) is 35.6 Å². The lowest BCUT2D eigenvalue weighted by atomic mass is 9.77. The predicted molar refractivity (Wildman–Crippen MR) is 61.0 cm³/mol. The minimum atomic E-state index is -0.789. The smallest absolute Gasteiger partial charge is 0.307 e. The fraction of sp³-hybridized carbons (Fsp3) is 0.462. The Labute approximate surface area is 94.8 Å². The van der Waals surface area contributed by atoms with Gasteiger partial charge in [-0.15, -0.1) is 0 Å². The van der Waals surface area contributed by atoms with Gasteiger partial charge in [-0.3, -0.25) is 4.79 Å². The third-order valence-corrected chi connectivity index (χ3v) is 3.39. The zero-order valence-corrected chi connectivity index (χ0v) is 9.10. The van der Waals surface area contributed by atoms with Gasteiger partial charge < -0.3 is 10.2 Å². The van der Waals surface area contributed by atoms with Gasteiger partial charge in [0.25, 0.3) is 0 Å². The average Bonchev–Trinajstić information content (AvgIpc) is 2.81. The van der Waals surface area contributed by atoms with Crippen LogP contribution in [0, 0.1) is 11.8 Å². The molecule has 0 heterocycles. The molecule has 0 aromatic carbocycles. The van der Waals surface area contributed by atoms with Crippen molar-refractivity contribution in [1.29, 1.82) is 0 Å². The third kappa shape index (κ3) is 2.03. The summed E-state index contributed by atoms with van der Waals surface area (Å²) in [7, 11) is 0. The van der Waals surface area contributed by atoms with Crippen molar-refractivity contribution in [3.8, 4) is 0 Å². The number of hydrogen-bond donors (Lipinski definition) is 2. The molecule has 0 aromatic heterocycles. The van der Waals surface area contributed by atoms with Gasteiger partial charge in [-0.05, 0) is 12.8 Å². The van der Waals surface area contributed by atoms with Crippen molar-refractivity contribution in [2.24, 2.45) is 11.8 Å². The van der Waals surface area contributed by atoms with Crippen LogP contribution in [0.25, 0.3) is 0 Å². The van der Waals surface area contributed by atoms with Crippen LogP contribution in [0.15, 0.2) is 35.6 Å². The molecule has 2 N–H and O–H groups in total. The average molecular weight is 220 g/mol. The molecule has 3 nitrogen and oxygen atoms in total. The molecule has 86 valence electrons. The third-order valence-electron chi connectivity index (χ3n) is 3.39. The van der Waals surface area contributed by atoms with Crippen LogP contribution in [-0.2, 0) is 4.79 Å². The van der Waals surface area contributed by atoms with Crippen molar-refractivity contribution in [2.45, 2.75) is 25.7 Å².